The molecular formula is C13H23N. The molecule has 2 rings (SSSR count). The molecule has 0 amide bonds. The minimum absolute atomic E-state index is 0.387. The Bertz CT molecular complexity index is 248. The topological polar surface area (TPSA) is 3.24 Å². The monoisotopic (exact) mass is 193 g/mol. The van der Waals surface area contributed by atoms with Gasteiger partial charge in [-0.05, 0) is 37.6 Å². The zero-order valence-corrected chi connectivity index (χ0v) is 9.90. The van der Waals surface area contributed by atoms with Crippen LogP contribution in [0.4, 0.5) is 0 Å². The van der Waals surface area contributed by atoms with Gasteiger partial charge in [0.1, 0.15) is 0 Å². The number of hydrogen-bond donors (Lipinski definition) is 0. The molecule has 0 aromatic heterocycles. The van der Waals surface area contributed by atoms with Crippen molar-refractivity contribution in [2.45, 2.75) is 52.0 Å². The van der Waals surface area contributed by atoms with Crippen LogP contribution in [-0.2, 0) is 0 Å². The summed E-state index contributed by atoms with van der Waals surface area (Å²) in [7, 11) is 0. The maximum Gasteiger partial charge on any atom is 0.0423 e. The van der Waals surface area contributed by atoms with Crippen LogP contribution in [0.2, 0.25) is 0 Å². The summed E-state index contributed by atoms with van der Waals surface area (Å²) < 4.78 is 0. The Morgan fingerprint density at radius 2 is 2.07 bits per heavy atom. The van der Waals surface area contributed by atoms with E-state index in [1.54, 1.807) is 0 Å². The molecule has 2 aliphatic heterocycles. The van der Waals surface area contributed by atoms with Crippen molar-refractivity contribution in [3.63, 3.8) is 0 Å². The predicted octanol–water partition coefficient (Wildman–Crippen LogP) is 3.22. The first kappa shape index (κ1) is 10.2. The molecule has 0 aliphatic carbocycles. The smallest absolute Gasteiger partial charge is 0.0423 e. The Morgan fingerprint density at radius 3 is 2.71 bits per heavy atom. The molecule has 0 aromatic carbocycles. The molecule has 1 heteroatoms. The van der Waals surface area contributed by atoms with Gasteiger partial charge < -0.3 is 0 Å². The predicted molar refractivity (Wildman–Crippen MR) is 61.4 cm³/mol. The van der Waals surface area contributed by atoms with Gasteiger partial charge >= 0.3 is 0 Å². The molecule has 1 atom stereocenters. The van der Waals surface area contributed by atoms with Crippen LogP contribution in [0, 0.1) is 5.41 Å². The summed E-state index contributed by atoms with van der Waals surface area (Å²) in [5, 5.41) is 0. The fraction of sp³-hybridized carbons (Fsp3) is 0.846. The molecule has 0 bridgehead atoms. The average molecular weight is 193 g/mol. The van der Waals surface area contributed by atoms with Crippen molar-refractivity contribution in [2.24, 2.45) is 5.41 Å². The fourth-order valence-corrected chi connectivity index (χ4v) is 3.37. The summed E-state index contributed by atoms with van der Waals surface area (Å²) in [6, 6.07) is 0. The standard InChI is InChI=1S/C13H23N/c1-11-6-9-14-8-5-7-13(11,14)10-12(2,3)4/h1,5-10H2,2-4H3/t13-/m0/s1. The summed E-state index contributed by atoms with van der Waals surface area (Å²) in [6.45, 7) is 13.9. The molecule has 0 saturated carbocycles. The van der Waals surface area contributed by atoms with Crippen molar-refractivity contribution in [1.82, 2.24) is 4.90 Å². The minimum Gasteiger partial charge on any atom is -0.294 e. The Balaban J connectivity index is 2.22. The lowest BCUT2D eigenvalue weighted by atomic mass is 9.75. The fourth-order valence-electron chi connectivity index (χ4n) is 3.37. The SMILES string of the molecule is C=C1CCN2CCC[C@]12CC(C)(C)C. The first-order valence-corrected chi connectivity index (χ1v) is 5.87. The molecule has 2 fully saturated rings. The van der Waals surface area contributed by atoms with Gasteiger partial charge in [0.15, 0.2) is 0 Å². The third-order valence-electron chi connectivity index (χ3n) is 3.79. The van der Waals surface area contributed by atoms with E-state index in [0.717, 1.165) is 0 Å². The van der Waals surface area contributed by atoms with Crippen LogP contribution >= 0.6 is 0 Å². The Morgan fingerprint density at radius 1 is 1.36 bits per heavy atom. The zero-order chi connectivity index (χ0) is 10.4. The van der Waals surface area contributed by atoms with Crippen molar-refractivity contribution in [1.29, 1.82) is 0 Å². The van der Waals surface area contributed by atoms with Gasteiger partial charge in [-0.3, -0.25) is 4.90 Å². The molecule has 0 aromatic rings. The van der Waals surface area contributed by atoms with E-state index in [2.05, 4.69) is 32.3 Å². The van der Waals surface area contributed by atoms with Gasteiger partial charge in [0.2, 0.25) is 0 Å². The Labute approximate surface area is 88.2 Å². The second-order valence-corrected chi connectivity index (χ2v) is 6.21. The lowest BCUT2D eigenvalue weighted by Crippen LogP contribution is -2.42. The van der Waals surface area contributed by atoms with E-state index in [-0.39, 0.29) is 0 Å². The molecule has 14 heavy (non-hydrogen) atoms. The van der Waals surface area contributed by atoms with E-state index in [1.807, 2.05) is 0 Å². The average Bonchev–Trinajstić information content (AvgIpc) is 2.51. The van der Waals surface area contributed by atoms with Crippen LogP contribution in [0.3, 0.4) is 0 Å². The normalized spacial score (nSPS) is 33.8. The molecule has 2 heterocycles. The molecule has 2 aliphatic rings. The number of hydrogen-bond acceptors (Lipinski definition) is 1. The zero-order valence-electron chi connectivity index (χ0n) is 9.90. The van der Waals surface area contributed by atoms with E-state index in [1.165, 1.54) is 44.3 Å². The van der Waals surface area contributed by atoms with Crippen molar-refractivity contribution in [3.8, 4) is 0 Å². The van der Waals surface area contributed by atoms with Crippen LogP contribution in [0.1, 0.15) is 46.5 Å². The minimum atomic E-state index is 0.387. The van der Waals surface area contributed by atoms with E-state index in [0.29, 0.717) is 11.0 Å². The first-order chi connectivity index (χ1) is 6.44. The molecule has 0 spiro atoms. The summed E-state index contributed by atoms with van der Waals surface area (Å²) in [5.74, 6) is 0. The van der Waals surface area contributed by atoms with Crippen molar-refractivity contribution in [3.05, 3.63) is 12.2 Å². The van der Waals surface area contributed by atoms with E-state index < -0.39 is 0 Å². The van der Waals surface area contributed by atoms with Gasteiger partial charge in [-0.2, -0.15) is 0 Å². The lowest BCUT2D eigenvalue weighted by Gasteiger charge is -2.38. The second-order valence-electron chi connectivity index (χ2n) is 6.21. The summed E-state index contributed by atoms with van der Waals surface area (Å²) in [5.41, 5.74) is 2.32. The van der Waals surface area contributed by atoms with E-state index in [9.17, 15) is 0 Å². The van der Waals surface area contributed by atoms with Gasteiger partial charge in [-0.25, -0.2) is 0 Å². The van der Waals surface area contributed by atoms with Crippen molar-refractivity contribution < 1.29 is 0 Å². The molecule has 0 N–H and O–H groups in total. The summed E-state index contributed by atoms with van der Waals surface area (Å²) in [6.07, 6.45) is 5.24. The molecule has 2 saturated heterocycles. The highest BCUT2D eigenvalue weighted by Crippen LogP contribution is 2.48. The van der Waals surface area contributed by atoms with Gasteiger partial charge in [0, 0.05) is 12.1 Å². The number of nitrogens with zero attached hydrogens (tertiary/aromatic N) is 1. The number of fused-ring (bicyclic) bond motifs is 1. The Kier molecular flexibility index (Phi) is 2.26. The third kappa shape index (κ3) is 1.52. The Hall–Kier alpha value is -0.300. The molecule has 0 unspecified atom stereocenters. The second kappa shape index (κ2) is 3.10. The van der Waals surface area contributed by atoms with Gasteiger partial charge in [-0.1, -0.05) is 32.9 Å². The first-order valence-electron chi connectivity index (χ1n) is 5.87. The quantitative estimate of drug-likeness (QED) is 0.578. The molecule has 0 radical (unpaired) electrons. The summed E-state index contributed by atoms with van der Waals surface area (Å²) >= 11 is 0. The van der Waals surface area contributed by atoms with Gasteiger partial charge in [0.25, 0.3) is 0 Å². The van der Waals surface area contributed by atoms with Crippen LogP contribution in [0.5, 0.6) is 0 Å². The van der Waals surface area contributed by atoms with Gasteiger partial charge in [-0.15, -0.1) is 0 Å². The number of rotatable bonds is 1. The maximum absolute atomic E-state index is 4.31. The third-order valence-corrected chi connectivity index (χ3v) is 3.79. The van der Waals surface area contributed by atoms with Gasteiger partial charge in [0.05, 0.1) is 0 Å². The van der Waals surface area contributed by atoms with Crippen molar-refractivity contribution >= 4 is 0 Å². The highest BCUT2D eigenvalue weighted by atomic mass is 15.2. The van der Waals surface area contributed by atoms with Crippen LogP contribution in [0.25, 0.3) is 0 Å². The molecular weight excluding hydrogens is 170 g/mol. The molecule has 80 valence electrons. The van der Waals surface area contributed by atoms with Crippen molar-refractivity contribution in [2.75, 3.05) is 13.1 Å². The maximum atomic E-state index is 4.31. The van der Waals surface area contributed by atoms with Crippen LogP contribution in [0.15, 0.2) is 12.2 Å². The molecule has 1 nitrogen and oxygen atoms in total. The van der Waals surface area contributed by atoms with E-state index in [4.69, 9.17) is 0 Å². The summed E-state index contributed by atoms with van der Waals surface area (Å²) in [4.78, 5) is 2.68. The highest BCUT2D eigenvalue weighted by molar-refractivity contribution is 5.25. The largest absolute Gasteiger partial charge is 0.294 e. The van der Waals surface area contributed by atoms with E-state index >= 15 is 0 Å². The van der Waals surface area contributed by atoms with Crippen LogP contribution in [-0.4, -0.2) is 23.5 Å². The van der Waals surface area contributed by atoms with Crippen LogP contribution < -0.4 is 0 Å². The highest BCUT2D eigenvalue weighted by Gasteiger charge is 2.48. The lowest BCUT2D eigenvalue weighted by molar-refractivity contribution is 0.155.